The zero-order valence-corrected chi connectivity index (χ0v) is 10.6. The van der Waals surface area contributed by atoms with Crippen LogP contribution in [-0.2, 0) is 11.3 Å². The van der Waals surface area contributed by atoms with E-state index in [4.69, 9.17) is 0 Å². The summed E-state index contributed by atoms with van der Waals surface area (Å²) in [6.07, 6.45) is 8.42. The van der Waals surface area contributed by atoms with E-state index in [1.54, 1.807) is 6.20 Å². The van der Waals surface area contributed by atoms with Crippen LogP contribution >= 0.6 is 0 Å². The molecule has 1 aromatic rings. The molecule has 5 nitrogen and oxygen atoms in total. The highest BCUT2D eigenvalue weighted by atomic mass is 16.1. The molecule has 1 aliphatic heterocycles. The van der Waals surface area contributed by atoms with Gasteiger partial charge >= 0.3 is 0 Å². The van der Waals surface area contributed by atoms with Gasteiger partial charge in [0.1, 0.15) is 6.33 Å². The second kappa shape index (κ2) is 7.06. The zero-order valence-electron chi connectivity index (χ0n) is 10.6. The van der Waals surface area contributed by atoms with Crippen molar-refractivity contribution in [3.8, 4) is 0 Å². The van der Waals surface area contributed by atoms with Crippen molar-refractivity contribution in [3.63, 3.8) is 0 Å². The number of aromatic nitrogens is 2. The second-order valence-corrected chi connectivity index (χ2v) is 4.66. The average molecular weight is 248 g/mol. The van der Waals surface area contributed by atoms with Crippen LogP contribution in [0, 0.1) is 0 Å². The van der Waals surface area contributed by atoms with Crippen LogP contribution in [0.3, 0.4) is 0 Å². The summed E-state index contributed by atoms with van der Waals surface area (Å²) in [5.41, 5.74) is 0.842. The Morgan fingerprint density at radius 1 is 1.50 bits per heavy atom. The maximum atomic E-state index is 11.7. The van der Waals surface area contributed by atoms with Gasteiger partial charge in [-0.2, -0.15) is 0 Å². The molecule has 1 saturated heterocycles. The van der Waals surface area contributed by atoms with Crippen molar-refractivity contribution in [2.75, 3.05) is 6.54 Å². The fraction of sp³-hybridized carbons (Fsp3) is 0.615. The zero-order chi connectivity index (χ0) is 12.6. The van der Waals surface area contributed by atoms with E-state index in [1.807, 2.05) is 6.07 Å². The first-order valence-corrected chi connectivity index (χ1v) is 6.59. The number of carbonyl (C=O) groups excluding carboxylic acids is 1. The van der Waals surface area contributed by atoms with Gasteiger partial charge in [0, 0.05) is 18.7 Å². The number of nitrogens with one attached hydrogen (secondary N) is 2. The van der Waals surface area contributed by atoms with Crippen LogP contribution in [0.1, 0.15) is 37.8 Å². The van der Waals surface area contributed by atoms with Crippen LogP contribution in [0.4, 0.5) is 0 Å². The predicted octanol–water partition coefficient (Wildman–Crippen LogP) is 1.02. The molecule has 0 radical (unpaired) electrons. The van der Waals surface area contributed by atoms with Crippen molar-refractivity contribution in [2.45, 2.75) is 44.7 Å². The summed E-state index contributed by atoms with van der Waals surface area (Å²) < 4.78 is 0. The lowest BCUT2D eigenvalue weighted by Gasteiger charge is -2.22. The summed E-state index contributed by atoms with van der Waals surface area (Å²) in [5.74, 6) is 0.0981. The molecule has 0 aromatic carbocycles. The van der Waals surface area contributed by atoms with Gasteiger partial charge in [-0.25, -0.2) is 9.97 Å². The number of rotatable bonds is 5. The van der Waals surface area contributed by atoms with Crippen LogP contribution in [0.2, 0.25) is 0 Å². The first-order valence-electron chi connectivity index (χ1n) is 6.59. The molecule has 2 heterocycles. The topological polar surface area (TPSA) is 66.9 Å². The average Bonchev–Trinajstić information content (AvgIpc) is 2.45. The molecule has 0 saturated carbocycles. The number of nitrogens with zero attached hydrogens (tertiary/aromatic N) is 2. The summed E-state index contributed by atoms with van der Waals surface area (Å²) in [4.78, 5) is 19.6. The van der Waals surface area contributed by atoms with E-state index in [0.29, 0.717) is 19.0 Å². The molecule has 1 atom stereocenters. The van der Waals surface area contributed by atoms with E-state index in [1.165, 1.54) is 25.6 Å². The van der Waals surface area contributed by atoms with Gasteiger partial charge in [-0.3, -0.25) is 4.79 Å². The van der Waals surface area contributed by atoms with Crippen LogP contribution in [0.25, 0.3) is 0 Å². The number of hydrogen-bond acceptors (Lipinski definition) is 4. The Bertz CT molecular complexity index is 363. The minimum atomic E-state index is 0.0981. The Balaban J connectivity index is 1.63. The van der Waals surface area contributed by atoms with Crippen molar-refractivity contribution >= 4 is 5.91 Å². The molecule has 1 aliphatic rings. The van der Waals surface area contributed by atoms with E-state index in [-0.39, 0.29) is 5.91 Å². The quantitative estimate of drug-likeness (QED) is 0.816. The number of amides is 1. The van der Waals surface area contributed by atoms with Crippen molar-refractivity contribution in [3.05, 3.63) is 24.3 Å². The number of hydrogen-bond donors (Lipinski definition) is 2. The molecule has 1 amide bonds. The summed E-state index contributed by atoms with van der Waals surface area (Å²) in [6, 6.07) is 2.33. The molecule has 1 unspecified atom stereocenters. The van der Waals surface area contributed by atoms with Gasteiger partial charge < -0.3 is 10.6 Å². The first-order chi connectivity index (χ1) is 8.84. The molecular weight excluding hydrogens is 228 g/mol. The Labute approximate surface area is 107 Å². The van der Waals surface area contributed by atoms with Gasteiger partial charge in [-0.05, 0) is 31.9 Å². The van der Waals surface area contributed by atoms with E-state index < -0.39 is 0 Å². The van der Waals surface area contributed by atoms with Crippen LogP contribution in [0.5, 0.6) is 0 Å². The second-order valence-electron chi connectivity index (χ2n) is 4.66. The monoisotopic (exact) mass is 248 g/mol. The highest BCUT2D eigenvalue weighted by molar-refractivity contribution is 5.75. The van der Waals surface area contributed by atoms with Crippen molar-refractivity contribution in [1.29, 1.82) is 0 Å². The molecule has 2 N–H and O–H groups in total. The fourth-order valence-electron chi connectivity index (χ4n) is 2.18. The summed E-state index contributed by atoms with van der Waals surface area (Å²) >= 11 is 0. The van der Waals surface area contributed by atoms with Crippen molar-refractivity contribution in [2.24, 2.45) is 0 Å². The molecule has 1 fully saturated rings. The molecule has 0 spiro atoms. The molecule has 2 rings (SSSR count). The third-order valence-electron chi connectivity index (χ3n) is 3.24. The van der Waals surface area contributed by atoms with Gasteiger partial charge in [-0.15, -0.1) is 0 Å². The minimum Gasteiger partial charge on any atom is -0.350 e. The van der Waals surface area contributed by atoms with Gasteiger partial charge in [0.2, 0.25) is 5.91 Å². The third-order valence-corrected chi connectivity index (χ3v) is 3.24. The Morgan fingerprint density at radius 3 is 3.17 bits per heavy atom. The van der Waals surface area contributed by atoms with Gasteiger partial charge in [-0.1, -0.05) is 6.42 Å². The van der Waals surface area contributed by atoms with Crippen LogP contribution in [-0.4, -0.2) is 28.5 Å². The minimum absolute atomic E-state index is 0.0981. The SMILES string of the molecule is O=C(CCC1CCCCN1)NCc1ccncn1. The van der Waals surface area contributed by atoms with Crippen LogP contribution < -0.4 is 10.6 Å². The summed E-state index contributed by atoms with van der Waals surface area (Å²) in [7, 11) is 0. The maximum absolute atomic E-state index is 11.7. The Kier molecular flexibility index (Phi) is 5.08. The van der Waals surface area contributed by atoms with E-state index in [0.717, 1.165) is 18.7 Å². The molecule has 18 heavy (non-hydrogen) atoms. The van der Waals surface area contributed by atoms with E-state index in [9.17, 15) is 4.79 Å². The highest BCUT2D eigenvalue weighted by Crippen LogP contribution is 2.11. The smallest absolute Gasteiger partial charge is 0.220 e. The van der Waals surface area contributed by atoms with Crippen molar-refractivity contribution in [1.82, 2.24) is 20.6 Å². The first kappa shape index (κ1) is 13.0. The van der Waals surface area contributed by atoms with Gasteiger partial charge in [0.05, 0.1) is 12.2 Å². The molecular formula is C13H20N4O. The third kappa shape index (κ3) is 4.41. The maximum Gasteiger partial charge on any atom is 0.220 e. The fourth-order valence-corrected chi connectivity index (χ4v) is 2.18. The molecule has 1 aromatic heterocycles. The number of carbonyl (C=O) groups is 1. The molecule has 0 bridgehead atoms. The standard InChI is InChI=1S/C13H20N4O/c18-13(5-4-11-3-1-2-7-15-11)16-9-12-6-8-14-10-17-12/h6,8,10-11,15H,1-5,7,9H2,(H,16,18). The molecule has 98 valence electrons. The largest absolute Gasteiger partial charge is 0.350 e. The Hall–Kier alpha value is -1.49. The Morgan fingerprint density at radius 2 is 2.44 bits per heavy atom. The van der Waals surface area contributed by atoms with Gasteiger partial charge in [0.25, 0.3) is 0 Å². The normalized spacial score (nSPS) is 19.4. The van der Waals surface area contributed by atoms with Crippen molar-refractivity contribution < 1.29 is 4.79 Å². The summed E-state index contributed by atoms with van der Waals surface area (Å²) in [5, 5.41) is 6.33. The molecule has 0 aliphatic carbocycles. The van der Waals surface area contributed by atoms with E-state index >= 15 is 0 Å². The predicted molar refractivity (Wildman–Crippen MR) is 68.8 cm³/mol. The number of piperidine rings is 1. The summed E-state index contributed by atoms with van der Waals surface area (Å²) in [6.45, 7) is 1.58. The lowest BCUT2D eigenvalue weighted by atomic mass is 10.0. The van der Waals surface area contributed by atoms with Crippen LogP contribution in [0.15, 0.2) is 18.6 Å². The highest BCUT2D eigenvalue weighted by Gasteiger charge is 2.13. The van der Waals surface area contributed by atoms with Gasteiger partial charge in [0.15, 0.2) is 0 Å². The lowest BCUT2D eigenvalue weighted by Crippen LogP contribution is -2.35. The molecule has 5 heteroatoms. The lowest BCUT2D eigenvalue weighted by molar-refractivity contribution is -0.121. The van der Waals surface area contributed by atoms with E-state index in [2.05, 4.69) is 20.6 Å².